The van der Waals surface area contributed by atoms with E-state index in [-0.39, 0.29) is 17.4 Å². The fourth-order valence-corrected chi connectivity index (χ4v) is 2.63. The quantitative estimate of drug-likeness (QED) is 0.770. The maximum Gasteiger partial charge on any atom is 0.239 e. The summed E-state index contributed by atoms with van der Waals surface area (Å²) in [7, 11) is 1.73. The topological polar surface area (TPSA) is 41.6 Å². The molecule has 1 aliphatic rings. The maximum atomic E-state index is 12.4. The van der Waals surface area contributed by atoms with Gasteiger partial charge in [-0.15, -0.1) is 0 Å². The molecule has 19 heavy (non-hydrogen) atoms. The van der Waals surface area contributed by atoms with E-state index in [1.54, 1.807) is 7.11 Å². The lowest BCUT2D eigenvalue weighted by molar-refractivity contribution is -0.137. The van der Waals surface area contributed by atoms with Gasteiger partial charge in [0.1, 0.15) is 0 Å². The summed E-state index contributed by atoms with van der Waals surface area (Å²) in [5, 5.41) is 3.37. The molecule has 112 valence electrons. The number of piperidine rings is 1. The van der Waals surface area contributed by atoms with Gasteiger partial charge in [-0.3, -0.25) is 4.79 Å². The molecular weight excluding hydrogens is 240 g/mol. The van der Waals surface area contributed by atoms with Crippen molar-refractivity contribution in [2.45, 2.75) is 59.0 Å². The molecule has 1 N–H and O–H groups in total. The second-order valence-corrected chi connectivity index (χ2v) is 6.68. The van der Waals surface area contributed by atoms with E-state index in [4.69, 9.17) is 4.74 Å². The number of carbonyl (C=O) groups excluding carboxylic acids is 1. The summed E-state index contributed by atoms with van der Waals surface area (Å²) in [6, 6.07) is 0.363. The summed E-state index contributed by atoms with van der Waals surface area (Å²) in [4.78, 5) is 14.5. The monoisotopic (exact) mass is 270 g/mol. The minimum absolute atomic E-state index is 0.00646. The second kappa shape index (κ2) is 7.25. The molecule has 0 aromatic rings. The van der Waals surface area contributed by atoms with Gasteiger partial charge in [0.05, 0.1) is 6.04 Å². The van der Waals surface area contributed by atoms with Crippen molar-refractivity contribution < 1.29 is 9.53 Å². The third kappa shape index (κ3) is 5.49. The lowest BCUT2D eigenvalue weighted by Crippen LogP contribution is -2.54. The summed E-state index contributed by atoms with van der Waals surface area (Å²) in [6.45, 7) is 11.1. The molecule has 0 saturated carbocycles. The summed E-state index contributed by atoms with van der Waals surface area (Å²) in [5.74, 6) is 0.269. The van der Waals surface area contributed by atoms with Crippen molar-refractivity contribution in [3.05, 3.63) is 0 Å². The average Bonchev–Trinajstić information content (AvgIpc) is 2.31. The molecule has 4 nitrogen and oxygen atoms in total. The minimum Gasteiger partial charge on any atom is -0.385 e. The summed E-state index contributed by atoms with van der Waals surface area (Å²) in [6.07, 6.45) is 3.04. The van der Waals surface area contributed by atoms with Crippen LogP contribution in [0.3, 0.4) is 0 Å². The van der Waals surface area contributed by atoms with Gasteiger partial charge >= 0.3 is 0 Å². The number of rotatable bonds is 7. The molecule has 1 atom stereocenters. The molecule has 0 spiro atoms. The van der Waals surface area contributed by atoms with Crippen LogP contribution in [-0.4, -0.2) is 49.7 Å². The van der Waals surface area contributed by atoms with Gasteiger partial charge in [-0.05, 0) is 24.7 Å². The zero-order valence-electron chi connectivity index (χ0n) is 13.2. The Morgan fingerprint density at radius 2 is 2.16 bits per heavy atom. The van der Waals surface area contributed by atoms with E-state index in [1.807, 2.05) is 4.90 Å². The second-order valence-electron chi connectivity index (χ2n) is 6.68. The van der Waals surface area contributed by atoms with Gasteiger partial charge in [-0.1, -0.05) is 27.7 Å². The summed E-state index contributed by atoms with van der Waals surface area (Å²) in [5.41, 5.74) is 0.116. The number of likely N-dealkylation sites (tertiary alicyclic amines) is 1. The zero-order valence-corrected chi connectivity index (χ0v) is 13.2. The molecule has 0 bridgehead atoms. The Kier molecular flexibility index (Phi) is 6.27. The SMILES string of the molecule is COCCC(C)(C)CN1CCCC(NC(C)C)C1=O. The van der Waals surface area contributed by atoms with Crippen LogP contribution in [0.15, 0.2) is 0 Å². The van der Waals surface area contributed by atoms with Crippen molar-refractivity contribution in [3.8, 4) is 0 Å². The van der Waals surface area contributed by atoms with Crippen LogP contribution in [0, 0.1) is 5.41 Å². The van der Waals surface area contributed by atoms with Gasteiger partial charge in [0.25, 0.3) is 0 Å². The van der Waals surface area contributed by atoms with E-state index < -0.39 is 0 Å². The molecule has 1 rings (SSSR count). The first kappa shape index (κ1) is 16.4. The molecule has 1 amide bonds. The zero-order chi connectivity index (χ0) is 14.5. The smallest absolute Gasteiger partial charge is 0.239 e. The van der Waals surface area contributed by atoms with E-state index in [0.717, 1.165) is 39.0 Å². The molecule has 1 saturated heterocycles. The normalized spacial score (nSPS) is 21.3. The van der Waals surface area contributed by atoms with E-state index in [0.29, 0.717) is 6.04 Å². The number of nitrogens with zero attached hydrogens (tertiary/aromatic N) is 1. The Hall–Kier alpha value is -0.610. The van der Waals surface area contributed by atoms with E-state index in [9.17, 15) is 4.79 Å². The molecule has 0 aliphatic carbocycles. The largest absolute Gasteiger partial charge is 0.385 e. The third-order valence-electron chi connectivity index (χ3n) is 3.67. The predicted octanol–water partition coefficient (Wildman–Crippen LogP) is 2.04. The van der Waals surface area contributed by atoms with Crippen LogP contribution in [-0.2, 0) is 9.53 Å². The number of ether oxygens (including phenoxy) is 1. The first-order valence-electron chi connectivity index (χ1n) is 7.39. The van der Waals surface area contributed by atoms with Crippen LogP contribution in [0.25, 0.3) is 0 Å². The molecule has 1 heterocycles. The van der Waals surface area contributed by atoms with Gasteiger partial charge in [0.15, 0.2) is 0 Å². The van der Waals surface area contributed by atoms with Crippen LogP contribution in [0.4, 0.5) is 0 Å². The number of amides is 1. The molecule has 0 aromatic carbocycles. The lowest BCUT2D eigenvalue weighted by Gasteiger charge is -2.38. The number of hydrogen-bond acceptors (Lipinski definition) is 3. The van der Waals surface area contributed by atoms with Gasteiger partial charge in [-0.2, -0.15) is 0 Å². The Bertz CT molecular complexity index is 290. The number of carbonyl (C=O) groups is 1. The lowest BCUT2D eigenvalue weighted by atomic mass is 9.88. The first-order valence-corrected chi connectivity index (χ1v) is 7.39. The van der Waals surface area contributed by atoms with Crippen LogP contribution < -0.4 is 5.32 Å². The molecule has 1 aliphatic heterocycles. The molecule has 4 heteroatoms. The Labute approximate surface area is 117 Å². The average molecular weight is 270 g/mol. The van der Waals surface area contributed by atoms with E-state index in [1.165, 1.54) is 0 Å². The standard InChI is InChI=1S/C15H30N2O2/c1-12(2)16-13-7-6-9-17(14(13)18)11-15(3,4)8-10-19-5/h12-13,16H,6-11H2,1-5H3. The highest BCUT2D eigenvalue weighted by Gasteiger charge is 2.32. The van der Waals surface area contributed by atoms with Crippen LogP contribution in [0.1, 0.15) is 47.0 Å². The number of methoxy groups -OCH3 is 1. The van der Waals surface area contributed by atoms with Crippen molar-refractivity contribution in [2.75, 3.05) is 26.8 Å². The maximum absolute atomic E-state index is 12.4. The number of hydrogen-bond donors (Lipinski definition) is 1. The summed E-state index contributed by atoms with van der Waals surface area (Å²) < 4.78 is 5.15. The van der Waals surface area contributed by atoms with Gasteiger partial charge in [0, 0.05) is 32.8 Å². The minimum atomic E-state index is 0.00646. The molecule has 1 unspecified atom stereocenters. The fourth-order valence-electron chi connectivity index (χ4n) is 2.63. The molecule has 0 radical (unpaired) electrons. The third-order valence-corrected chi connectivity index (χ3v) is 3.67. The Balaban J connectivity index is 2.55. The van der Waals surface area contributed by atoms with Crippen molar-refractivity contribution >= 4 is 5.91 Å². The van der Waals surface area contributed by atoms with Crippen LogP contribution >= 0.6 is 0 Å². The number of nitrogens with one attached hydrogen (secondary N) is 1. The van der Waals surface area contributed by atoms with Gasteiger partial charge in [0.2, 0.25) is 5.91 Å². The molecular formula is C15H30N2O2. The molecule has 0 aromatic heterocycles. The van der Waals surface area contributed by atoms with Crippen molar-refractivity contribution in [3.63, 3.8) is 0 Å². The molecule has 1 fully saturated rings. The summed E-state index contributed by atoms with van der Waals surface area (Å²) >= 11 is 0. The van der Waals surface area contributed by atoms with Gasteiger partial charge < -0.3 is 15.0 Å². The van der Waals surface area contributed by atoms with Crippen LogP contribution in [0.5, 0.6) is 0 Å². The van der Waals surface area contributed by atoms with Crippen molar-refractivity contribution in [1.29, 1.82) is 0 Å². The van der Waals surface area contributed by atoms with Crippen molar-refractivity contribution in [1.82, 2.24) is 10.2 Å². The van der Waals surface area contributed by atoms with E-state index >= 15 is 0 Å². The van der Waals surface area contributed by atoms with Gasteiger partial charge in [-0.25, -0.2) is 0 Å². The highest BCUT2D eigenvalue weighted by Crippen LogP contribution is 2.24. The Morgan fingerprint density at radius 1 is 1.47 bits per heavy atom. The van der Waals surface area contributed by atoms with E-state index in [2.05, 4.69) is 33.0 Å². The first-order chi connectivity index (χ1) is 8.85. The Morgan fingerprint density at radius 3 is 2.74 bits per heavy atom. The van der Waals surface area contributed by atoms with Crippen LogP contribution in [0.2, 0.25) is 0 Å². The predicted molar refractivity (Wildman–Crippen MR) is 78.1 cm³/mol. The fraction of sp³-hybridized carbons (Fsp3) is 0.933. The highest BCUT2D eigenvalue weighted by atomic mass is 16.5. The van der Waals surface area contributed by atoms with Crippen molar-refractivity contribution in [2.24, 2.45) is 5.41 Å². The highest BCUT2D eigenvalue weighted by molar-refractivity contribution is 5.82.